The Kier molecular flexibility index (Phi) is 4.55. The Morgan fingerprint density at radius 1 is 1.39 bits per heavy atom. The Hall–Kier alpha value is -1.13. The first-order valence-corrected chi connectivity index (χ1v) is 7.46. The molecule has 0 saturated carbocycles. The van der Waals surface area contributed by atoms with Gasteiger partial charge in [-0.2, -0.15) is 11.3 Å². The van der Waals surface area contributed by atoms with E-state index in [2.05, 4.69) is 52.6 Å². The lowest BCUT2D eigenvalue weighted by molar-refractivity contribution is 0.521. The predicted molar refractivity (Wildman–Crippen MR) is 77.1 cm³/mol. The van der Waals surface area contributed by atoms with Gasteiger partial charge in [0.15, 0.2) is 0 Å². The van der Waals surface area contributed by atoms with Crippen molar-refractivity contribution in [2.24, 2.45) is 0 Å². The van der Waals surface area contributed by atoms with Crippen LogP contribution in [0, 0.1) is 6.92 Å². The smallest absolute Gasteiger partial charge is 0.110 e. The molecule has 4 heteroatoms. The van der Waals surface area contributed by atoms with Crippen LogP contribution in [0.2, 0.25) is 0 Å². The second-order valence-corrected chi connectivity index (χ2v) is 5.20. The standard InChI is InChI=1S/C14H21N3S/c1-4-15-13(12-10-18-9-11(12)3)8-14-16-6-7-17(14)5-2/h6-7,9-10,13,15H,4-5,8H2,1-3H3. The van der Waals surface area contributed by atoms with E-state index in [1.165, 1.54) is 11.1 Å². The van der Waals surface area contributed by atoms with Crippen LogP contribution in [0.1, 0.15) is 36.8 Å². The van der Waals surface area contributed by atoms with Crippen LogP contribution in [-0.4, -0.2) is 16.1 Å². The van der Waals surface area contributed by atoms with Gasteiger partial charge in [0.05, 0.1) is 0 Å². The topological polar surface area (TPSA) is 29.9 Å². The molecule has 1 N–H and O–H groups in total. The summed E-state index contributed by atoms with van der Waals surface area (Å²) in [6, 6.07) is 0.369. The number of likely N-dealkylation sites (N-methyl/N-ethyl adjacent to an activating group) is 1. The maximum Gasteiger partial charge on any atom is 0.110 e. The van der Waals surface area contributed by atoms with Crippen molar-refractivity contribution in [3.63, 3.8) is 0 Å². The van der Waals surface area contributed by atoms with Gasteiger partial charge in [0, 0.05) is 31.4 Å². The van der Waals surface area contributed by atoms with Gasteiger partial charge in [0.25, 0.3) is 0 Å². The van der Waals surface area contributed by atoms with E-state index >= 15 is 0 Å². The second kappa shape index (κ2) is 6.16. The number of aryl methyl sites for hydroxylation is 2. The van der Waals surface area contributed by atoms with Crippen molar-refractivity contribution in [1.82, 2.24) is 14.9 Å². The third-order valence-electron chi connectivity index (χ3n) is 3.25. The van der Waals surface area contributed by atoms with Gasteiger partial charge in [-0.3, -0.25) is 0 Å². The summed E-state index contributed by atoms with van der Waals surface area (Å²) in [5, 5.41) is 8.03. The van der Waals surface area contributed by atoms with Crippen molar-refractivity contribution < 1.29 is 0 Å². The number of rotatable bonds is 6. The molecule has 0 radical (unpaired) electrons. The molecule has 0 fully saturated rings. The molecule has 0 aromatic carbocycles. The van der Waals surface area contributed by atoms with Crippen molar-refractivity contribution in [2.75, 3.05) is 6.54 Å². The number of hydrogen-bond donors (Lipinski definition) is 1. The monoisotopic (exact) mass is 263 g/mol. The molecular formula is C14H21N3S. The van der Waals surface area contributed by atoms with Crippen LogP contribution in [-0.2, 0) is 13.0 Å². The van der Waals surface area contributed by atoms with Gasteiger partial charge < -0.3 is 9.88 Å². The Labute approximate surface area is 113 Å². The highest BCUT2D eigenvalue weighted by molar-refractivity contribution is 7.08. The molecule has 0 aliphatic rings. The molecule has 2 aromatic heterocycles. The van der Waals surface area contributed by atoms with E-state index in [-0.39, 0.29) is 0 Å². The molecular weight excluding hydrogens is 242 g/mol. The summed E-state index contributed by atoms with van der Waals surface area (Å²) < 4.78 is 2.21. The van der Waals surface area contributed by atoms with Gasteiger partial charge in [-0.15, -0.1) is 0 Å². The second-order valence-electron chi connectivity index (χ2n) is 4.45. The molecule has 2 heterocycles. The molecule has 0 aliphatic carbocycles. The fraction of sp³-hybridized carbons (Fsp3) is 0.500. The largest absolute Gasteiger partial charge is 0.335 e. The van der Waals surface area contributed by atoms with E-state index in [0.717, 1.165) is 25.3 Å². The molecule has 1 atom stereocenters. The minimum absolute atomic E-state index is 0.369. The first-order valence-electron chi connectivity index (χ1n) is 6.52. The maximum absolute atomic E-state index is 4.47. The van der Waals surface area contributed by atoms with Gasteiger partial charge in [-0.05, 0) is 42.3 Å². The zero-order chi connectivity index (χ0) is 13.0. The van der Waals surface area contributed by atoms with Crippen LogP contribution in [0.3, 0.4) is 0 Å². The molecule has 1 unspecified atom stereocenters. The van der Waals surface area contributed by atoms with Crippen LogP contribution in [0.15, 0.2) is 23.2 Å². The molecule has 0 saturated heterocycles. The maximum atomic E-state index is 4.47. The van der Waals surface area contributed by atoms with Crippen molar-refractivity contribution in [1.29, 1.82) is 0 Å². The van der Waals surface area contributed by atoms with Crippen molar-refractivity contribution in [2.45, 2.75) is 39.8 Å². The lowest BCUT2D eigenvalue weighted by atomic mass is 10.0. The molecule has 0 spiro atoms. The van der Waals surface area contributed by atoms with Crippen LogP contribution in [0.5, 0.6) is 0 Å². The number of nitrogens with zero attached hydrogens (tertiary/aromatic N) is 2. The van der Waals surface area contributed by atoms with E-state index in [1.807, 2.05) is 6.20 Å². The van der Waals surface area contributed by atoms with E-state index in [1.54, 1.807) is 11.3 Å². The molecule has 0 bridgehead atoms. The van der Waals surface area contributed by atoms with Crippen LogP contribution >= 0.6 is 11.3 Å². The molecule has 2 aromatic rings. The average Bonchev–Trinajstić information content (AvgIpc) is 2.97. The van der Waals surface area contributed by atoms with Crippen LogP contribution in [0.25, 0.3) is 0 Å². The molecule has 18 heavy (non-hydrogen) atoms. The van der Waals surface area contributed by atoms with E-state index in [0.29, 0.717) is 6.04 Å². The van der Waals surface area contributed by atoms with Gasteiger partial charge in [0.2, 0.25) is 0 Å². The van der Waals surface area contributed by atoms with Crippen LogP contribution < -0.4 is 5.32 Å². The molecule has 98 valence electrons. The van der Waals surface area contributed by atoms with Crippen molar-refractivity contribution in [3.05, 3.63) is 40.1 Å². The summed E-state index contributed by atoms with van der Waals surface area (Å²) >= 11 is 1.78. The Morgan fingerprint density at radius 2 is 2.22 bits per heavy atom. The predicted octanol–water partition coefficient (Wildman–Crippen LogP) is 3.17. The number of thiophene rings is 1. The third-order valence-corrected chi connectivity index (χ3v) is 4.13. The minimum atomic E-state index is 0.369. The van der Waals surface area contributed by atoms with Crippen LogP contribution in [0.4, 0.5) is 0 Å². The van der Waals surface area contributed by atoms with Gasteiger partial charge in [-0.1, -0.05) is 6.92 Å². The summed E-state index contributed by atoms with van der Waals surface area (Å²) in [4.78, 5) is 4.47. The summed E-state index contributed by atoms with van der Waals surface area (Å²) in [7, 11) is 0. The third kappa shape index (κ3) is 2.82. The number of nitrogens with one attached hydrogen (secondary N) is 1. The van der Waals surface area contributed by atoms with E-state index in [9.17, 15) is 0 Å². The Balaban J connectivity index is 2.19. The Bertz CT molecular complexity index is 487. The van der Waals surface area contributed by atoms with Gasteiger partial charge >= 0.3 is 0 Å². The summed E-state index contributed by atoms with van der Waals surface area (Å²) in [6.07, 6.45) is 4.90. The molecule has 0 aliphatic heterocycles. The van der Waals surface area contributed by atoms with Gasteiger partial charge in [-0.25, -0.2) is 4.98 Å². The average molecular weight is 263 g/mol. The molecule has 3 nitrogen and oxygen atoms in total. The first kappa shape index (κ1) is 13.3. The zero-order valence-corrected chi connectivity index (χ0v) is 12.1. The number of aromatic nitrogens is 2. The quantitative estimate of drug-likeness (QED) is 0.867. The summed E-state index contributed by atoms with van der Waals surface area (Å²) in [6.45, 7) is 8.45. The lowest BCUT2D eigenvalue weighted by Gasteiger charge is -2.18. The lowest BCUT2D eigenvalue weighted by Crippen LogP contribution is -2.24. The highest BCUT2D eigenvalue weighted by Crippen LogP contribution is 2.24. The fourth-order valence-corrected chi connectivity index (χ4v) is 3.17. The fourth-order valence-electron chi connectivity index (χ4n) is 2.27. The van der Waals surface area contributed by atoms with E-state index in [4.69, 9.17) is 0 Å². The SMILES string of the molecule is CCNC(Cc1nccn1CC)c1cscc1C. The summed E-state index contributed by atoms with van der Waals surface area (Å²) in [5.74, 6) is 1.16. The zero-order valence-electron chi connectivity index (χ0n) is 11.3. The minimum Gasteiger partial charge on any atom is -0.335 e. The Morgan fingerprint density at radius 3 is 2.83 bits per heavy atom. The number of hydrogen-bond acceptors (Lipinski definition) is 3. The van der Waals surface area contributed by atoms with E-state index < -0.39 is 0 Å². The highest BCUT2D eigenvalue weighted by Gasteiger charge is 2.16. The van der Waals surface area contributed by atoms with Crippen molar-refractivity contribution in [3.8, 4) is 0 Å². The molecule has 0 amide bonds. The number of imidazole rings is 1. The summed E-state index contributed by atoms with van der Waals surface area (Å²) in [5.41, 5.74) is 2.79. The highest BCUT2D eigenvalue weighted by atomic mass is 32.1. The molecule has 2 rings (SSSR count). The van der Waals surface area contributed by atoms with Crippen molar-refractivity contribution >= 4 is 11.3 Å². The van der Waals surface area contributed by atoms with Gasteiger partial charge in [0.1, 0.15) is 5.82 Å². The normalized spacial score (nSPS) is 12.8. The first-order chi connectivity index (χ1) is 8.76.